The molecule has 0 saturated carbocycles. The number of carbonyl (C=O) groups excluding carboxylic acids is 2. The minimum absolute atomic E-state index is 0.160. The molecule has 31 heavy (non-hydrogen) atoms. The lowest BCUT2D eigenvalue weighted by atomic mass is 10.2. The van der Waals surface area contributed by atoms with Crippen molar-refractivity contribution >= 4 is 67.9 Å². The summed E-state index contributed by atoms with van der Waals surface area (Å²) in [7, 11) is 0. The summed E-state index contributed by atoms with van der Waals surface area (Å²) in [6, 6.07) is 10.9. The second kappa shape index (κ2) is 10.7. The summed E-state index contributed by atoms with van der Waals surface area (Å²) in [6.07, 6.45) is 1.52. The van der Waals surface area contributed by atoms with Crippen LogP contribution in [0.4, 0.5) is 5.69 Å². The highest BCUT2D eigenvalue weighted by atomic mass is 79.9. The minimum Gasteiger partial charge on any atom is -0.490 e. The Morgan fingerprint density at radius 1 is 1.29 bits per heavy atom. The number of hydrogen-bond donors (Lipinski definition) is 1. The number of hydrogen-bond acceptors (Lipinski definition) is 7. The minimum atomic E-state index is -0.286. The van der Waals surface area contributed by atoms with E-state index in [1.807, 2.05) is 38.1 Å². The lowest BCUT2D eigenvalue weighted by molar-refractivity contribution is -0.124. The van der Waals surface area contributed by atoms with Crippen molar-refractivity contribution in [3.8, 4) is 11.5 Å². The van der Waals surface area contributed by atoms with Crippen LogP contribution >= 0.6 is 39.9 Å². The number of nitrogens with one attached hydrogen (secondary N) is 1. The summed E-state index contributed by atoms with van der Waals surface area (Å²) >= 11 is 9.87. The summed E-state index contributed by atoms with van der Waals surface area (Å²) < 4.78 is 12.4. The van der Waals surface area contributed by atoms with Crippen LogP contribution in [0.5, 0.6) is 11.5 Å². The Bertz CT molecular complexity index is 1010. The van der Waals surface area contributed by atoms with Gasteiger partial charge >= 0.3 is 0 Å². The van der Waals surface area contributed by atoms with Crippen LogP contribution in [0.25, 0.3) is 0 Å². The van der Waals surface area contributed by atoms with Gasteiger partial charge in [-0.15, -0.1) is 0 Å². The van der Waals surface area contributed by atoms with Crippen LogP contribution in [0.2, 0.25) is 0 Å². The number of aryl methyl sites for hydroxylation is 1. The van der Waals surface area contributed by atoms with E-state index in [9.17, 15) is 9.59 Å². The van der Waals surface area contributed by atoms with Gasteiger partial charge in [-0.25, -0.2) is 0 Å². The molecule has 7 nitrogen and oxygen atoms in total. The van der Waals surface area contributed by atoms with Crippen LogP contribution in [-0.4, -0.2) is 46.3 Å². The lowest BCUT2D eigenvalue weighted by Crippen LogP contribution is -2.22. The van der Waals surface area contributed by atoms with Gasteiger partial charge in [0.1, 0.15) is 0 Å². The molecule has 0 aliphatic carbocycles. The van der Waals surface area contributed by atoms with Crippen molar-refractivity contribution in [1.82, 2.24) is 5.01 Å². The van der Waals surface area contributed by atoms with Crippen molar-refractivity contribution in [2.75, 3.05) is 24.3 Å². The average Bonchev–Trinajstić information content (AvgIpc) is 3.06. The van der Waals surface area contributed by atoms with Gasteiger partial charge in [0.2, 0.25) is 0 Å². The first-order valence-electron chi connectivity index (χ1n) is 9.36. The Labute approximate surface area is 198 Å². The molecule has 1 fully saturated rings. The van der Waals surface area contributed by atoms with Gasteiger partial charge in [0.05, 0.1) is 18.6 Å². The van der Waals surface area contributed by atoms with Gasteiger partial charge in [-0.1, -0.05) is 41.7 Å². The lowest BCUT2D eigenvalue weighted by Gasteiger charge is -2.14. The Balaban J connectivity index is 1.70. The van der Waals surface area contributed by atoms with Gasteiger partial charge in [-0.3, -0.25) is 9.59 Å². The maximum absolute atomic E-state index is 12.2. The zero-order chi connectivity index (χ0) is 22.4. The van der Waals surface area contributed by atoms with Gasteiger partial charge < -0.3 is 14.8 Å². The molecular formula is C21H20BrN3O4S2. The molecule has 2 aromatic rings. The Hall–Kier alpha value is -2.43. The maximum atomic E-state index is 12.2. The summed E-state index contributed by atoms with van der Waals surface area (Å²) in [5.74, 6) is 0.714. The smallest absolute Gasteiger partial charge is 0.262 e. The van der Waals surface area contributed by atoms with Crippen molar-refractivity contribution in [3.05, 3.63) is 52.0 Å². The monoisotopic (exact) mass is 521 g/mol. The highest BCUT2D eigenvalue weighted by Gasteiger charge is 2.26. The van der Waals surface area contributed by atoms with Gasteiger partial charge in [0, 0.05) is 15.7 Å². The van der Waals surface area contributed by atoms with Crippen molar-refractivity contribution in [2.45, 2.75) is 13.8 Å². The fourth-order valence-corrected chi connectivity index (χ4v) is 3.98. The van der Waals surface area contributed by atoms with E-state index in [4.69, 9.17) is 21.7 Å². The molecule has 0 atom stereocenters. The fourth-order valence-electron chi connectivity index (χ4n) is 2.59. The molecule has 10 heteroatoms. The van der Waals surface area contributed by atoms with E-state index in [0.717, 1.165) is 5.56 Å². The quantitative estimate of drug-likeness (QED) is 0.410. The van der Waals surface area contributed by atoms with Crippen LogP contribution in [0.15, 0.2) is 46.0 Å². The first kappa shape index (κ1) is 23.2. The topological polar surface area (TPSA) is 80.2 Å². The third kappa shape index (κ3) is 6.28. The van der Waals surface area contributed by atoms with Crippen LogP contribution in [0, 0.1) is 6.92 Å². The number of hydrazone groups is 1. The second-order valence-corrected chi connectivity index (χ2v) is 8.92. The normalized spacial score (nSPS) is 13.7. The molecule has 1 N–H and O–H groups in total. The zero-order valence-electron chi connectivity index (χ0n) is 16.9. The molecule has 1 heterocycles. The second-order valence-electron chi connectivity index (χ2n) is 6.46. The third-order valence-electron chi connectivity index (χ3n) is 4.10. The third-order valence-corrected chi connectivity index (χ3v) is 6.12. The highest BCUT2D eigenvalue weighted by molar-refractivity contribution is 9.10. The summed E-state index contributed by atoms with van der Waals surface area (Å²) in [5.41, 5.74) is 2.48. The van der Waals surface area contributed by atoms with Crippen molar-refractivity contribution in [2.24, 2.45) is 5.10 Å². The number of ether oxygens (including phenoxy) is 2. The molecule has 0 aromatic heterocycles. The predicted octanol–water partition coefficient (Wildman–Crippen LogP) is 4.37. The van der Waals surface area contributed by atoms with Crippen molar-refractivity contribution in [1.29, 1.82) is 0 Å². The van der Waals surface area contributed by atoms with E-state index in [0.29, 0.717) is 43.9 Å². The molecule has 3 rings (SSSR count). The number of benzene rings is 2. The molecule has 0 radical (unpaired) electrons. The number of halogens is 1. The largest absolute Gasteiger partial charge is 0.490 e. The van der Waals surface area contributed by atoms with Gasteiger partial charge in [0.15, 0.2) is 22.4 Å². The van der Waals surface area contributed by atoms with E-state index in [1.54, 1.807) is 12.1 Å². The van der Waals surface area contributed by atoms with Crippen LogP contribution in [0.1, 0.15) is 18.1 Å². The van der Waals surface area contributed by atoms with Gasteiger partial charge in [0.25, 0.3) is 11.8 Å². The summed E-state index contributed by atoms with van der Waals surface area (Å²) in [6.45, 7) is 4.06. The maximum Gasteiger partial charge on any atom is 0.262 e. The standard InChI is InChI=1S/C21H20BrN3O4S2/c1-3-28-17-8-14(10-23-25-20(27)12-31-21(25)30)16(22)9-18(17)29-11-19(26)24-15-6-4-13(2)5-7-15/h4-10H,3,11-12H2,1-2H3,(H,24,26). The fraction of sp³-hybridized carbons (Fsp3) is 0.238. The molecule has 1 aliphatic heterocycles. The molecule has 1 saturated heterocycles. The summed E-state index contributed by atoms with van der Waals surface area (Å²) in [5, 5.41) is 8.17. The Kier molecular flexibility index (Phi) is 8.05. The first-order chi connectivity index (χ1) is 14.9. The average molecular weight is 522 g/mol. The number of carbonyl (C=O) groups is 2. The van der Waals surface area contributed by atoms with E-state index in [1.165, 1.54) is 23.0 Å². The highest BCUT2D eigenvalue weighted by Crippen LogP contribution is 2.33. The predicted molar refractivity (Wildman–Crippen MR) is 130 cm³/mol. The number of thioether (sulfide) groups is 1. The number of thiocarbonyl (C=S) groups is 1. The molecule has 0 bridgehead atoms. The first-order valence-corrected chi connectivity index (χ1v) is 11.6. The summed E-state index contributed by atoms with van der Waals surface area (Å²) in [4.78, 5) is 24.1. The Morgan fingerprint density at radius 2 is 2.00 bits per heavy atom. The molecular weight excluding hydrogens is 502 g/mol. The van der Waals surface area contributed by atoms with Gasteiger partial charge in [-0.05, 0) is 54.0 Å². The molecule has 0 spiro atoms. The molecule has 2 aromatic carbocycles. The number of anilines is 1. The van der Waals surface area contributed by atoms with E-state index >= 15 is 0 Å². The van der Waals surface area contributed by atoms with Crippen LogP contribution in [0.3, 0.4) is 0 Å². The van der Waals surface area contributed by atoms with Crippen molar-refractivity contribution in [3.63, 3.8) is 0 Å². The zero-order valence-corrected chi connectivity index (χ0v) is 20.1. The molecule has 162 valence electrons. The van der Waals surface area contributed by atoms with E-state index in [2.05, 4.69) is 26.3 Å². The Morgan fingerprint density at radius 3 is 2.65 bits per heavy atom. The van der Waals surface area contributed by atoms with Crippen LogP contribution in [-0.2, 0) is 9.59 Å². The SMILES string of the molecule is CCOc1cc(C=NN2C(=O)CSC2=S)c(Br)cc1OCC(=O)Nc1ccc(C)cc1. The van der Waals surface area contributed by atoms with Gasteiger partial charge in [-0.2, -0.15) is 10.1 Å². The molecule has 1 aliphatic rings. The van der Waals surface area contributed by atoms with Crippen LogP contribution < -0.4 is 14.8 Å². The number of rotatable bonds is 8. The van der Waals surface area contributed by atoms with E-state index in [-0.39, 0.29) is 18.4 Å². The van der Waals surface area contributed by atoms with Crippen molar-refractivity contribution < 1.29 is 19.1 Å². The van der Waals surface area contributed by atoms with E-state index < -0.39 is 0 Å². The number of amides is 2. The molecule has 0 unspecified atom stereocenters. The molecule has 2 amide bonds. The number of nitrogens with zero attached hydrogens (tertiary/aromatic N) is 2.